The van der Waals surface area contributed by atoms with Gasteiger partial charge in [-0.1, -0.05) is 0 Å². The molecule has 10 nitrogen and oxygen atoms in total. The average Bonchev–Trinajstić information content (AvgIpc) is 3.17. The maximum absolute atomic E-state index is 13.1. The number of hydrogen-bond acceptors (Lipinski definition) is 10. The summed E-state index contributed by atoms with van der Waals surface area (Å²) < 4.78 is 45.9. The Labute approximate surface area is 175 Å². The Kier molecular flexibility index (Phi) is 4.77. The van der Waals surface area contributed by atoms with Crippen LogP contribution in [0.15, 0.2) is 46.2 Å². The monoisotopic (exact) mass is 446 g/mol. The second-order valence-electron chi connectivity index (χ2n) is 6.69. The van der Waals surface area contributed by atoms with E-state index in [9.17, 15) is 27.6 Å². The number of fused-ring (bicyclic) bond motifs is 2. The highest BCUT2D eigenvalue weighted by Crippen LogP contribution is 2.37. The summed E-state index contributed by atoms with van der Waals surface area (Å²) in [4.78, 5) is 46.0. The third-order valence-electron chi connectivity index (χ3n) is 4.59. The molecule has 0 aliphatic carbocycles. The zero-order valence-corrected chi connectivity index (χ0v) is 16.9. The predicted octanol–water partition coefficient (Wildman–Crippen LogP) is 1.98. The molecule has 0 amide bonds. The van der Waals surface area contributed by atoms with Crippen LogP contribution >= 0.6 is 0 Å². The molecule has 0 spiro atoms. The number of carbonyl (C=O) groups excluding carboxylic acids is 4. The van der Waals surface area contributed by atoms with E-state index in [2.05, 4.69) is 0 Å². The number of ether oxygens (including phenoxy) is 4. The predicted molar refractivity (Wildman–Crippen MR) is 98.2 cm³/mol. The SMILES string of the molecule is CC(=O)OC1OC(=O)c2cc(S(=O)(=O)c3ccc4c(c3)C(=O)OC4OC(C)=O)ccc21. The van der Waals surface area contributed by atoms with Gasteiger partial charge >= 0.3 is 23.9 Å². The van der Waals surface area contributed by atoms with Gasteiger partial charge in [0.2, 0.25) is 9.84 Å². The van der Waals surface area contributed by atoms with Crippen molar-refractivity contribution in [2.45, 2.75) is 36.2 Å². The van der Waals surface area contributed by atoms with E-state index >= 15 is 0 Å². The lowest BCUT2D eigenvalue weighted by atomic mass is 10.1. The van der Waals surface area contributed by atoms with E-state index in [0.29, 0.717) is 0 Å². The summed E-state index contributed by atoms with van der Waals surface area (Å²) in [6.07, 6.45) is -2.49. The molecule has 0 N–H and O–H groups in total. The number of cyclic esters (lactones) is 2. The molecule has 2 aliphatic rings. The molecule has 0 saturated heterocycles. The van der Waals surface area contributed by atoms with Crippen LogP contribution < -0.4 is 0 Å². The molecule has 2 aromatic rings. The van der Waals surface area contributed by atoms with Crippen molar-refractivity contribution in [3.05, 3.63) is 58.7 Å². The topological polar surface area (TPSA) is 139 Å². The zero-order chi connectivity index (χ0) is 22.5. The number of rotatable bonds is 4. The van der Waals surface area contributed by atoms with E-state index in [-0.39, 0.29) is 32.0 Å². The Bertz CT molecular complexity index is 1170. The molecule has 2 aromatic carbocycles. The average molecular weight is 446 g/mol. The Morgan fingerprint density at radius 2 is 1.16 bits per heavy atom. The summed E-state index contributed by atoms with van der Waals surface area (Å²) in [7, 11) is -4.14. The van der Waals surface area contributed by atoms with Gasteiger partial charge in [0.05, 0.1) is 20.9 Å². The second kappa shape index (κ2) is 7.20. The molecule has 2 aliphatic heterocycles. The van der Waals surface area contributed by atoms with Crippen molar-refractivity contribution in [2.75, 3.05) is 0 Å². The van der Waals surface area contributed by atoms with E-state index in [0.717, 1.165) is 26.0 Å². The fraction of sp³-hybridized carbons (Fsp3) is 0.200. The molecule has 0 saturated carbocycles. The van der Waals surface area contributed by atoms with Gasteiger partial charge in [0.25, 0.3) is 12.6 Å². The molecule has 0 radical (unpaired) electrons. The molecule has 2 heterocycles. The molecule has 160 valence electrons. The van der Waals surface area contributed by atoms with Gasteiger partial charge < -0.3 is 18.9 Å². The van der Waals surface area contributed by atoms with Crippen molar-refractivity contribution in [2.24, 2.45) is 0 Å². The molecular weight excluding hydrogens is 432 g/mol. The van der Waals surface area contributed by atoms with Crippen LogP contribution in [-0.2, 0) is 38.4 Å². The molecule has 0 fully saturated rings. The minimum absolute atomic E-state index is 0.0529. The first-order chi connectivity index (χ1) is 14.6. The quantitative estimate of drug-likeness (QED) is 0.640. The number of hydrogen-bond donors (Lipinski definition) is 0. The minimum Gasteiger partial charge on any atom is -0.421 e. The van der Waals surface area contributed by atoms with Gasteiger partial charge in [0.15, 0.2) is 0 Å². The minimum atomic E-state index is -4.14. The molecule has 2 atom stereocenters. The number of esters is 4. The normalized spacial score (nSPS) is 19.2. The smallest absolute Gasteiger partial charge is 0.342 e. The maximum Gasteiger partial charge on any atom is 0.342 e. The maximum atomic E-state index is 13.1. The first kappa shape index (κ1) is 20.5. The fourth-order valence-electron chi connectivity index (χ4n) is 3.23. The molecule has 0 aromatic heterocycles. The molecule has 2 unspecified atom stereocenters. The van der Waals surface area contributed by atoms with Crippen molar-refractivity contribution in [3.63, 3.8) is 0 Å². The summed E-state index contributed by atoms with van der Waals surface area (Å²) in [6, 6.07) is 7.34. The molecule has 11 heteroatoms. The summed E-state index contributed by atoms with van der Waals surface area (Å²) in [5, 5.41) is 0. The van der Waals surface area contributed by atoms with Gasteiger partial charge in [0.1, 0.15) is 0 Å². The standard InChI is InChI=1S/C20H14O10S/c1-9(21)27-19-13-5-3-11(7-15(13)17(23)29-19)31(25,26)12-4-6-14-16(8-12)18(24)30-20(14)28-10(2)22/h3-8,19-20H,1-2H3. The first-order valence-electron chi connectivity index (χ1n) is 8.87. The Balaban J connectivity index is 1.71. The number of carbonyl (C=O) groups is 4. The van der Waals surface area contributed by atoms with Gasteiger partial charge in [-0.05, 0) is 36.4 Å². The largest absolute Gasteiger partial charge is 0.421 e. The molecular formula is C20H14O10S. The zero-order valence-electron chi connectivity index (χ0n) is 16.1. The van der Waals surface area contributed by atoms with E-state index in [1.807, 2.05) is 0 Å². The second-order valence-corrected chi connectivity index (χ2v) is 8.64. The Morgan fingerprint density at radius 1 is 0.774 bits per heavy atom. The highest BCUT2D eigenvalue weighted by Gasteiger charge is 2.37. The molecule has 4 rings (SSSR count). The van der Waals surface area contributed by atoms with Crippen LogP contribution in [0.5, 0.6) is 0 Å². The van der Waals surface area contributed by atoms with E-state index in [1.54, 1.807) is 0 Å². The van der Waals surface area contributed by atoms with Crippen molar-refractivity contribution in [1.29, 1.82) is 0 Å². The van der Waals surface area contributed by atoms with Crippen LogP contribution in [0.25, 0.3) is 0 Å². The van der Waals surface area contributed by atoms with Crippen molar-refractivity contribution < 1.29 is 46.5 Å². The van der Waals surface area contributed by atoms with E-state index < -0.39 is 46.3 Å². The Hall–Kier alpha value is -3.73. The molecule has 0 bridgehead atoms. The van der Waals surface area contributed by atoms with Crippen LogP contribution in [0.2, 0.25) is 0 Å². The van der Waals surface area contributed by atoms with Crippen LogP contribution in [0.4, 0.5) is 0 Å². The van der Waals surface area contributed by atoms with Crippen LogP contribution in [0.1, 0.15) is 58.3 Å². The van der Waals surface area contributed by atoms with Gasteiger partial charge in [-0.2, -0.15) is 0 Å². The van der Waals surface area contributed by atoms with Crippen molar-refractivity contribution >= 4 is 33.7 Å². The number of sulfone groups is 1. The fourth-order valence-corrected chi connectivity index (χ4v) is 4.54. The number of benzene rings is 2. The summed E-state index contributed by atoms with van der Waals surface area (Å²) in [6.45, 7) is 2.30. The van der Waals surface area contributed by atoms with Crippen LogP contribution in [-0.4, -0.2) is 32.3 Å². The lowest BCUT2D eigenvalue weighted by Gasteiger charge is -2.11. The van der Waals surface area contributed by atoms with Gasteiger partial charge in [-0.25, -0.2) is 18.0 Å². The van der Waals surface area contributed by atoms with Crippen molar-refractivity contribution in [1.82, 2.24) is 0 Å². The third-order valence-corrected chi connectivity index (χ3v) is 6.34. The van der Waals surface area contributed by atoms with E-state index in [4.69, 9.17) is 18.9 Å². The molecule has 31 heavy (non-hydrogen) atoms. The van der Waals surface area contributed by atoms with Gasteiger partial charge in [0, 0.05) is 25.0 Å². The lowest BCUT2D eigenvalue weighted by Crippen LogP contribution is -2.08. The van der Waals surface area contributed by atoms with Crippen molar-refractivity contribution in [3.8, 4) is 0 Å². The van der Waals surface area contributed by atoms with Crippen LogP contribution in [0, 0.1) is 0 Å². The third kappa shape index (κ3) is 3.52. The Morgan fingerprint density at radius 3 is 1.52 bits per heavy atom. The highest BCUT2D eigenvalue weighted by atomic mass is 32.2. The first-order valence-corrected chi connectivity index (χ1v) is 10.4. The van der Waals surface area contributed by atoms with Gasteiger partial charge in [-0.15, -0.1) is 0 Å². The summed E-state index contributed by atoms with van der Waals surface area (Å²) in [5.41, 5.74) is 0.340. The lowest BCUT2D eigenvalue weighted by molar-refractivity contribution is -0.166. The highest BCUT2D eigenvalue weighted by molar-refractivity contribution is 7.91. The summed E-state index contributed by atoms with van der Waals surface area (Å²) in [5.74, 6) is -3.00. The van der Waals surface area contributed by atoms with E-state index in [1.165, 1.54) is 24.3 Å². The van der Waals surface area contributed by atoms with Crippen LogP contribution in [0.3, 0.4) is 0 Å². The van der Waals surface area contributed by atoms with Gasteiger partial charge in [-0.3, -0.25) is 9.59 Å². The summed E-state index contributed by atoms with van der Waals surface area (Å²) >= 11 is 0.